The predicted molar refractivity (Wildman–Crippen MR) is 351 cm³/mol. The summed E-state index contributed by atoms with van der Waals surface area (Å²) in [5.74, 6) is -5.77. The summed E-state index contributed by atoms with van der Waals surface area (Å²) in [6.45, 7) is 21.1. The molecule has 2 aliphatic heterocycles. The number of carbonyl (C=O) groups is 3. The van der Waals surface area contributed by atoms with Crippen LogP contribution in [0.4, 0.5) is 0 Å². The molecule has 23 nitrogen and oxygen atoms in total. The minimum absolute atomic E-state index is 0.0402. The molecule has 0 unspecified atom stereocenters. The summed E-state index contributed by atoms with van der Waals surface area (Å²) in [5, 5.41) is 141. The second-order valence-electron chi connectivity index (χ2n) is 35.7. The maximum atomic E-state index is 16.0. The van der Waals surface area contributed by atoms with Crippen molar-refractivity contribution in [3.8, 4) is 0 Å². The Morgan fingerprint density at radius 2 is 1.10 bits per heavy atom. The van der Waals surface area contributed by atoms with Gasteiger partial charge in [-0.25, -0.2) is 0 Å². The van der Waals surface area contributed by atoms with Crippen LogP contribution in [0.15, 0.2) is 23.3 Å². The van der Waals surface area contributed by atoms with Crippen molar-refractivity contribution in [3.05, 3.63) is 23.3 Å². The molecule has 23 heteroatoms. The van der Waals surface area contributed by atoms with Gasteiger partial charge in [0.15, 0.2) is 6.29 Å². The molecule has 0 aromatic carbocycles. The van der Waals surface area contributed by atoms with E-state index in [0.717, 1.165) is 11.1 Å². The predicted octanol–water partition coefficient (Wildman–Crippen LogP) is 4.32. The Labute approximate surface area is 577 Å². The van der Waals surface area contributed by atoms with Crippen LogP contribution in [-0.2, 0) is 52.3 Å². The standard InChI is InChI=1S/C75H118O23/c1-37-19-25-73(36-94-59-52(83)51(82)49(80)44(96-59)34-91-12)29-27-66(5)39(55(73)71(37,10)89)15-17-46-65(4)32-42(79)58(75(35-77,63(88)93-14)48(65)22-24-69(46,66)8)97-61(86)70(9)47-21-23-68(7)45(64(47,3)31-41(78)57(70)85)18-16-40-56-72(11,90)38(2)20-26-74(56,30-28-67(40,68)6)62(87)98-60-53(84)54(92-13)50(81)43(33-76)95-60/h15-16,37-38,41-60,76-85,89-90H,17-36H2,1-14H3/t37-,38-,41-,42-,43-,44-,45-,46-,47-,48-,49-,50-,51+,52-,53-,54+,55-,56-,57+,58-,59-,60+,64-,65-,66-,67-,68-,69-,70+,71-,72-,73-,74+,75-/m1/s1. The summed E-state index contributed by atoms with van der Waals surface area (Å²) in [7, 11) is 3.97. The van der Waals surface area contributed by atoms with Crippen molar-refractivity contribution >= 4 is 17.9 Å². The number of rotatable bonds is 13. The largest absolute Gasteiger partial charge is 0.468 e. The number of aliphatic hydroxyl groups is 12. The average Bonchev–Trinajstić information content (AvgIpc) is 0.673. The van der Waals surface area contributed by atoms with Crippen LogP contribution < -0.4 is 0 Å². The number of aliphatic hydroxyl groups excluding tert-OH is 10. The fraction of sp³-hybridized carbons (Fsp3) is 0.907. The minimum atomic E-state index is -2.00. The highest BCUT2D eigenvalue weighted by atomic mass is 16.7. The highest BCUT2D eigenvalue weighted by molar-refractivity contribution is 5.82. The Bertz CT molecular complexity index is 3100. The molecule has 0 radical (unpaired) electrons. The second kappa shape index (κ2) is 25.2. The number of methoxy groups -OCH3 is 3. The van der Waals surface area contributed by atoms with Crippen LogP contribution in [0.3, 0.4) is 0 Å². The van der Waals surface area contributed by atoms with Gasteiger partial charge < -0.3 is 99.2 Å². The zero-order chi connectivity index (χ0) is 71.8. The van der Waals surface area contributed by atoms with Gasteiger partial charge in [-0.05, 0) is 192 Å². The quantitative estimate of drug-likeness (QED) is 0.0694. The zero-order valence-electron chi connectivity index (χ0n) is 60.4. The van der Waals surface area contributed by atoms with E-state index in [1.165, 1.54) is 21.3 Å². The van der Waals surface area contributed by atoms with Crippen molar-refractivity contribution in [1.82, 2.24) is 0 Å². The van der Waals surface area contributed by atoms with Crippen molar-refractivity contribution in [3.63, 3.8) is 0 Å². The SMILES string of the molecule is COC[C@H]1O[C@@H](OC[C@]23CC[C@@H](C)[C@@](C)(O)[C@H]2C2=CC[C@@H]4[C@@]5(C)C[C@@H](O)[C@@H](OC(=O)[C@@]6(C)[C@@H]7CC[C@]8(C)[C@H](CC=C9[C@H]%10[C@](C(=O)O[C@@H]%11O[C@H](CO)[C@@H](O)[C@H](OC)[C@H]%11O)(CC[C@@H](C)[C@@]%10(C)O)CC[C@]98C)[C@@]7(C)C[C@@H](O)[C@@H]6O)[C@](CO)(C(=O)OC)[C@@H]5CC[C@@]4(C)[C@]2(C)CC3)[C@H](O)[C@@H](O)[C@@H]1O. The molecule has 34 atom stereocenters. The molecule has 556 valence electrons. The molecule has 0 bridgehead atoms. The zero-order valence-corrected chi connectivity index (χ0v) is 60.4. The van der Waals surface area contributed by atoms with Crippen LogP contribution in [0, 0.1) is 101 Å². The number of fused-ring (bicyclic) bond motifs is 14. The molecule has 8 saturated carbocycles. The van der Waals surface area contributed by atoms with Crippen LogP contribution in [0.5, 0.6) is 0 Å². The van der Waals surface area contributed by atoms with Crippen molar-refractivity contribution < 1.29 is 114 Å². The van der Waals surface area contributed by atoms with E-state index < -0.39 is 206 Å². The third-order valence-corrected chi connectivity index (χ3v) is 32.1. The molecule has 12 N–H and O–H groups in total. The van der Waals surface area contributed by atoms with Gasteiger partial charge in [0.05, 0.1) is 73.9 Å². The normalized spacial score (nSPS) is 55.7. The van der Waals surface area contributed by atoms with Gasteiger partial charge in [0.2, 0.25) is 6.29 Å². The van der Waals surface area contributed by atoms with Crippen LogP contribution >= 0.6 is 0 Å². The summed E-state index contributed by atoms with van der Waals surface area (Å²) in [4.78, 5) is 46.4. The molecule has 0 aromatic rings. The van der Waals surface area contributed by atoms with Gasteiger partial charge in [-0.2, -0.15) is 0 Å². The van der Waals surface area contributed by atoms with Crippen molar-refractivity contribution in [2.24, 2.45) is 101 Å². The van der Waals surface area contributed by atoms with Gasteiger partial charge in [-0.1, -0.05) is 78.7 Å². The molecule has 10 fully saturated rings. The first-order valence-corrected chi connectivity index (χ1v) is 36.7. The van der Waals surface area contributed by atoms with Gasteiger partial charge >= 0.3 is 17.9 Å². The van der Waals surface area contributed by atoms with E-state index >= 15 is 14.4 Å². The van der Waals surface area contributed by atoms with E-state index in [-0.39, 0.29) is 49.7 Å². The highest BCUT2D eigenvalue weighted by Gasteiger charge is 2.78. The van der Waals surface area contributed by atoms with Gasteiger partial charge in [0.1, 0.15) is 60.4 Å². The third-order valence-electron chi connectivity index (χ3n) is 32.1. The number of hydrogen-bond acceptors (Lipinski definition) is 23. The van der Waals surface area contributed by atoms with Crippen molar-refractivity contribution in [1.29, 1.82) is 0 Å². The molecule has 12 aliphatic rings. The van der Waals surface area contributed by atoms with E-state index in [4.69, 9.17) is 37.9 Å². The molecule has 2 saturated heterocycles. The average molecular weight is 1390 g/mol. The monoisotopic (exact) mass is 1390 g/mol. The van der Waals surface area contributed by atoms with E-state index in [9.17, 15) is 61.3 Å². The smallest absolute Gasteiger partial charge is 0.318 e. The molecule has 0 spiro atoms. The van der Waals surface area contributed by atoms with E-state index in [0.29, 0.717) is 89.9 Å². The fourth-order valence-electron chi connectivity index (χ4n) is 25.8. The summed E-state index contributed by atoms with van der Waals surface area (Å²) in [5.41, 5.74) is -10.5. The topological polar surface area (TPSA) is 368 Å². The lowest BCUT2D eigenvalue weighted by atomic mass is 9.32. The molecular weight excluding hydrogens is 1270 g/mol. The van der Waals surface area contributed by atoms with E-state index in [1.54, 1.807) is 13.8 Å². The summed E-state index contributed by atoms with van der Waals surface area (Å²) in [6.07, 6.45) is -8.37. The highest BCUT2D eigenvalue weighted by Crippen LogP contribution is 2.79. The van der Waals surface area contributed by atoms with Crippen molar-refractivity contribution in [2.45, 2.75) is 276 Å². The van der Waals surface area contributed by atoms with Crippen LogP contribution in [0.2, 0.25) is 0 Å². The number of hydrogen-bond donors (Lipinski definition) is 12. The Balaban J connectivity index is 0.835. The van der Waals surface area contributed by atoms with E-state index in [2.05, 4.69) is 60.6 Å². The maximum absolute atomic E-state index is 16.0. The first-order chi connectivity index (χ1) is 45.7. The maximum Gasteiger partial charge on any atom is 0.318 e. The van der Waals surface area contributed by atoms with Crippen LogP contribution in [0.25, 0.3) is 0 Å². The number of esters is 3. The lowest BCUT2D eigenvalue weighted by molar-refractivity contribution is -0.313. The van der Waals surface area contributed by atoms with Gasteiger partial charge in [0.25, 0.3) is 0 Å². The summed E-state index contributed by atoms with van der Waals surface area (Å²) < 4.78 is 47.7. The van der Waals surface area contributed by atoms with Crippen LogP contribution in [0.1, 0.15) is 179 Å². The van der Waals surface area contributed by atoms with Gasteiger partial charge in [0, 0.05) is 31.5 Å². The number of ether oxygens (including phenoxy) is 8. The summed E-state index contributed by atoms with van der Waals surface area (Å²) in [6, 6.07) is 0. The lowest BCUT2D eigenvalue weighted by Crippen LogP contribution is -2.73. The van der Waals surface area contributed by atoms with E-state index in [1.807, 2.05) is 13.8 Å². The lowest BCUT2D eigenvalue weighted by Gasteiger charge is -2.72. The Kier molecular flexibility index (Phi) is 19.3. The van der Waals surface area contributed by atoms with Gasteiger partial charge in [-0.3, -0.25) is 14.4 Å². The first kappa shape index (κ1) is 74.9. The van der Waals surface area contributed by atoms with Crippen LogP contribution in [-0.4, -0.2) is 224 Å². The minimum Gasteiger partial charge on any atom is -0.468 e. The molecule has 98 heavy (non-hydrogen) atoms. The Morgan fingerprint density at radius 1 is 0.551 bits per heavy atom. The first-order valence-electron chi connectivity index (χ1n) is 36.7. The van der Waals surface area contributed by atoms with Crippen molar-refractivity contribution in [2.75, 3.05) is 47.8 Å². The summed E-state index contributed by atoms with van der Waals surface area (Å²) >= 11 is 0. The number of carbonyl (C=O) groups excluding carboxylic acids is 3. The molecular formula is C75H118O23. The molecule has 0 amide bonds. The molecule has 0 aromatic heterocycles. The fourth-order valence-corrected chi connectivity index (χ4v) is 25.8. The Hall–Kier alpha value is -2.79. The van der Waals surface area contributed by atoms with Gasteiger partial charge in [-0.15, -0.1) is 0 Å². The number of allylic oxidation sites excluding steroid dienone is 2. The second-order valence-corrected chi connectivity index (χ2v) is 35.7. The Morgan fingerprint density at radius 3 is 1.68 bits per heavy atom. The molecule has 2 heterocycles. The molecule has 12 rings (SSSR count). The molecule has 10 aliphatic carbocycles. The third kappa shape index (κ3) is 10.0.